The van der Waals surface area contributed by atoms with Crippen molar-refractivity contribution >= 4 is 0 Å². The highest BCUT2D eigenvalue weighted by Crippen LogP contribution is 2.33. The minimum absolute atomic E-state index is 0.302. The summed E-state index contributed by atoms with van der Waals surface area (Å²) in [6.45, 7) is 0. The summed E-state index contributed by atoms with van der Waals surface area (Å²) in [5.74, 6) is 2.21. The van der Waals surface area contributed by atoms with Crippen LogP contribution in [-0.4, -0.2) is 17.3 Å². The first-order chi connectivity index (χ1) is 13.2. The zero-order valence-corrected chi connectivity index (χ0v) is 14.5. The molecular formula is C21H16N2O4. The number of aromatic nitrogens is 2. The lowest BCUT2D eigenvalue weighted by molar-refractivity contribution is 0.404. The second-order valence-corrected chi connectivity index (χ2v) is 5.77. The molecular weight excluding hydrogens is 344 g/mol. The number of benzene rings is 2. The number of hydrogen-bond acceptors (Lipinski definition) is 5. The summed E-state index contributed by atoms with van der Waals surface area (Å²) in [4.78, 5) is 15.9. The van der Waals surface area contributed by atoms with E-state index in [9.17, 15) is 4.79 Å². The maximum Gasteiger partial charge on any atom is 0.280 e. The van der Waals surface area contributed by atoms with Crippen LogP contribution in [0.25, 0.3) is 22.6 Å². The van der Waals surface area contributed by atoms with Crippen molar-refractivity contribution in [2.24, 2.45) is 0 Å². The van der Waals surface area contributed by atoms with E-state index in [1.807, 2.05) is 60.7 Å². The summed E-state index contributed by atoms with van der Waals surface area (Å²) in [6.07, 6.45) is 0. The first-order valence-corrected chi connectivity index (χ1v) is 8.30. The fourth-order valence-corrected chi connectivity index (χ4v) is 2.71. The van der Waals surface area contributed by atoms with Gasteiger partial charge in [-0.3, -0.25) is 4.79 Å². The summed E-state index contributed by atoms with van der Waals surface area (Å²) in [5, 5.41) is 2.28. The lowest BCUT2D eigenvalue weighted by Gasteiger charge is -2.10. The van der Waals surface area contributed by atoms with E-state index in [4.69, 9.17) is 14.0 Å². The van der Waals surface area contributed by atoms with Gasteiger partial charge in [-0.1, -0.05) is 30.3 Å². The molecule has 1 N–H and O–H groups in total. The Bertz CT molecular complexity index is 1120. The highest BCUT2D eigenvalue weighted by atomic mass is 16.5. The summed E-state index contributed by atoms with van der Waals surface area (Å²) < 4.78 is 16.4. The molecule has 0 saturated carbocycles. The second kappa shape index (κ2) is 7.21. The molecule has 0 amide bonds. The summed E-state index contributed by atoms with van der Waals surface area (Å²) in [7, 11) is 1.57. The van der Waals surface area contributed by atoms with Gasteiger partial charge < -0.3 is 14.0 Å². The molecule has 6 heteroatoms. The minimum Gasteiger partial charge on any atom is -0.496 e. The van der Waals surface area contributed by atoms with E-state index in [0.717, 1.165) is 17.0 Å². The van der Waals surface area contributed by atoms with E-state index in [1.165, 1.54) is 6.07 Å². The second-order valence-electron chi connectivity index (χ2n) is 5.77. The number of para-hydroxylation sites is 1. The van der Waals surface area contributed by atoms with Crippen LogP contribution in [0.2, 0.25) is 0 Å². The molecule has 0 fully saturated rings. The number of H-pyrrole nitrogens is 1. The molecule has 2 aromatic heterocycles. The highest BCUT2D eigenvalue weighted by molar-refractivity contribution is 5.72. The molecule has 27 heavy (non-hydrogen) atoms. The van der Waals surface area contributed by atoms with Gasteiger partial charge in [0.05, 0.1) is 24.4 Å². The Kier molecular flexibility index (Phi) is 4.45. The first-order valence-electron chi connectivity index (χ1n) is 8.30. The molecule has 2 aromatic carbocycles. The number of pyridine rings is 1. The van der Waals surface area contributed by atoms with Crippen LogP contribution < -0.4 is 15.0 Å². The van der Waals surface area contributed by atoms with Gasteiger partial charge in [0.15, 0.2) is 5.76 Å². The van der Waals surface area contributed by atoms with Gasteiger partial charge in [0, 0.05) is 11.6 Å². The van der Waals surface area contributed by atoms with Gasteiger partial charge in [-0.25, -0.2) is 4.98 Å². The van der Waals surface area contributed by atoms with Crippen molar-refractivity contribution < 1.29 is 14.0 Å². The van der Waals surface area contributed by atoms with E-state index in [1.54, 1.807) is 13.2 Å². The topological polar surface area (TPSA) is 77.4 Å². The minimum atomic E-state index is -0.302. The predicted molar refractivity (Wildman–Crippen MR) is 101 cm³/mol. The van der Waals surface area contributed by atoms with E-state index in [0.29, 0.717) is 23.0 Å². The van der Waals surface area contributed by atoms with E-state index in [2.05, 4.69) is 10.1 Å². The number of methoxy groups -OCH3 is 1. The standard InChI is InChI=1S/C21H16N2O4/c1-25-18-12-14(10-11-16(18)19-13-20(24)23-27-19)17-8-5-9-21(22-17)26-15-6-3-2-4-7-15/h2-13H,1H3,(H,23,24). The monoisotopic (exact) mass is 360 g/mol. The van der Waals surface area contributed by atoms with Crippen LogP contribution in [-0.2, 0) is 0 Å². The van der Waals surface area contributed by atoms with Crippen molar-refractivity contribution in [1.29, 1.82) is 0 Å². The fraction of sp³-hybridized carbons (Fsp3) is 0.0476. The van der Waals surface area contributed by atoms with Gasteiger partial charge in [0.2, 0.25) is 5.88 Å². The van der Waals surface area contributed by atoms with E-state index < -0.39 is 0 Å². The van der Waals surface area contributed by atoms with Crippen LogP contribution in [0, 0.1) is 0 Å². The van der Waals surface area contributed by atoms with Crippen molar-refractivity contribution in [1.82, 2.24) is 10.1 Å². The highest BCUT2D eigenvalue weighted by Gasteiger charge is 2.13. The van der Waals surface area contributed by atoms with Crippen molar-refractivity contribution in [2.45, 2.75) is 0 Å². The molecule has 6 nitrogen and oxygen atoms in total. The van der Waals surface area contributed by atoms with Crippen LogP contribution in [0.3, 0.4) is 0 Å². The Morgan fingerprint density at radius 2 is 1.81 bits per heavy atom. The van der Waals surface area contributed by atoms with Gasteiger partial charge in [0.1, 0.15) is 11.5 Å². The number of rotatable bonds is 5. The lowest BCUT2D eigenvalue weighted by atomic mass is 10.1. The molecule has 0 bridgehead atoms. The molecule has 4 rings (SSSR count). The third-order valence-corrected chi connectivity index (χ3v) is 3.98. The average molecular weight is 360 g/mol. The Labute approximate surface area is 155 Å². The molecule has 0 aliphatic rings. The Morgan fingerprint density at radius 1 is 0.963 bits per heavy atom. The van der Waals surface area contributed by atoms with Crippen LogP contribution in [0.5, 0.6) is 17.4 Å². The van der Waals surface area contributed by atoms with Crippen molar-refractivity contribution in [3.63, 3.8) is 0 Å². The van der Waals surface area contributed by atoms with Crippen molar-refractivity contribution in [3.05, 3.63) is 83.2 Å². The SMILES string of the molecule is COc1cc(-c2cccc(Oc3ccccc3)n2)ccc1-c1cc(=O)[nH]o1. The van der Waals surface area contributed by atoms with Crippen LogP contribution in [0.15, 0.2) is 82.1 Å². The van der Waals surface area contributed by atoms with Crippen molar-refractivity contribution in [3.8, 4) is 40.0 Å². The summed E-state index contributed by atoms with van der Waals surface area (Å²) in [6, 6.07) is 22.0. The number of ether oxygens (including phenoxy) is 2. The quantitative estimate of drug-likeness (QED) is 0.567. The molecule has 0 saturated heterocycles. The first kappa shape index (κ1) is 16.7. The largest absolute Gasteiger partial charge is 0.496 e. The molecule has 0 atom stereocenters. The van der Waals surface area contributed by atoms with Gasteiger partial charge >= 0.3 is 0 Å². The zero-order chi connectivity index (χ0) is 18.6. The molecule has 0 aliphatic heterocycles. The number of hydrogen-bond donors (Lipinski definition) is 1. The zero-order valence-electron chi connectivity index (χ0n) is 14.5. The number of nitrogens with one attached hydrogen (secondary N) is 1. The number of nitrogens with zero attached hydrogens (tertiary/aromatic N) is 1. The molecule has 0 aliphatic carbocycles. The smallest absolute Gasteiger partial charge is 0.280 e. The Hall–Kier alpha value is -3.80. The third kappa shape index (κ3) is 3.59. The summed E-state index contributed by atoms with van der Waals surface area (Å²) >= 11 is 0. The van der Waals surface area contributed by atoms with E-state index in [-0.39, 0.29) is 5.56 Å². The number of aromatic amines is 1. The molecule has 4 aromatic rings. The Balaban J connectivity index is 1.67. The van der Waals surface area contributed by atoms with Gasteiger partial charge in [-0.05, 0) is 30.3 Å². The average Bonchev–Trinajstić information content (AvgIpc) is 3.14. The van der Waals surface area contributed by atoms with Gasteiger partial charge in [-0.15, -0.1) is 0 Å². The third-order valence-electron chi connectivity index (χ3n) is 3.98. The molecule has 134 valence electrons. The Morgan fingerprint density at radius 3 is 2.56 bits per heavy atom. The van der Waals surface area contributed by atoms with Crippen LogP contribution >= 0.6 is 0 Å². The molecule has 0 unspecified atom stereocenters. The normalized spacial score (nSPS) is 10.6. The van der Waals surface area contributed by atoms with Crippen molar-refractivity contribution in [2.75, 3.05) is 7.11 Å². The summed E-state index contributed by atoms with van der Waals surface area (Å²) in [5.41, 5.74) is 1.97. The fourth-order valence-electron chi connectivity index (χ4n) is 2.71. The van der Waals surface area contributed by atoms with Crippen LogP contribution in [0.4, 0.5) is 0 Å². The maximum atomic E-state index is 11.3. The van der Waals surface area contributed by atoms with Crippen LogP contribution in [0.1, 0.15) is 0 Å². The maximum absolute atomic E-state index is 11.3. The van der Waals surface area contributed by atoms with Gasteiger partial charge in [-0.2, -0.15) is 5.16 Å². The van der Waals surface area contributed by atoms with E-state index >= 15 is 0 Å². The molecule has 2 heterocycles. The molecule has 0 spiro atoms. The predicted octanol–water partition coefficient (Wildman–Crippen LogP) is 4.50. The lowest BCUT2D eigenvalue weighted by Crippen LogP contribution is -1.93. The van der Waals surface area contributed by atoms with Gasteiger partial charge in [0.25, 0.3) is 5.56 Å². The molecule has 0 radical (unpaired) electrons.